The van der Waals surface area contributed by atoms with Crippen molar-refractivity contribution in [1.29, 1.82) is 0 Å². The Bertz CT molecular complexity index is 1790. The van der Waals surface area contributed by atoms with Crippen molar-refractivity contribution >= 4 is 51.6 Å². The van der Waals surface area contributed by atoms with Crippen molar-refractivity contribution in [1.82, 2.24) is 0 Å². The molecule has 0 atom stereocenters. The van der Waals surface area contributed by atoms with Gasteiger partial charge in [-0.1, -0.05) is 105 Å². The number of nitrogens with zero attached hydrogens (tertiary/aromatic N) is 1. The van der Waals surface area contributed by atoms with Crippen LogP contribution in [0.25, 0.3) is 22.4 Å². The molecule has 3 heteroatoms. The second kappa shape index (κ2) is 14.4. The van der Waals surface area contributed by atoms with Crippen LogP contribution in [0.5, 0.6) is 0 Å². The molecule has 0 aromatic heterocycles. The first-order valence-corrected chi connectivity index (χ1v) is 14.1. The molecule has 0 fully saturated rings. The van der Waals surface area contributed by atoms with Crippen LogP contribution < -0.4 is 4.90 Å². The Hall–Kier alpha value is -5.54. The summed E-state index contributed by atoms with van der Waals surface area (Å²) < 4.78 is 0. The predicted molar refractivity (Wildman–Crippen MR) is 184 cm³/mol. The fraction of sp³-hybridized carbons (Fsp3) is 0.0500. The number of carbonyl (C=O) groups is 2. The van der Waals surface area contributed by atoms with Gasteiger partial charge in [-0.3, -0.25) is 9.59 Å². The first kappa shape index (κ1) is 30.4. The van der Waals surface area contributed by atoms with Gasteiger partial charge in [0.2, 0.25) is 0 Å². The van der Waals surface area contributed by atoms with Gasteiger partial charge in [0.15, 0.2) is 12.1 Å². The molecule has 3 nitrogen and oxygen atoms in total. The summed E-state index contributed by atoms with van der Waals surface area (Å²) in [6, 6.07) is 31.2. The second-order valence-corrected chi connectivity index (χ2v) is 9.92. The van der Waals surface area contributed by atoms with E-state index in [2.05, 4.69) is 91.4 Å². The number of fused-ring (bicyclic) bond motifs is 1. The topological polar surface area (TPSA) is 37.4 Å². The van der Waals surface area contributed by atoms with Gasteiger partial charge in [-0.2, -0.15) is 0 Å². The summed E-state index contributed by atoms with van der Waals surface area (Å²) in [5, 5.41) is 2.12. The second-order valence-electron chi connectivity index (χ2n) is 9.92. The number of Topliss-reactive ketones (excluding diaryl/α,β-unsaturated/α-hetero) is 1. The van der Waals surface area contributed by atoms with Gasteiger partial charge in [-0.25, -0.2) is 0 Å². The molecule has 0 heterocycles. The lowest BCUT2D eigenvalue weighted by molar-refractivity contribution is -0.112. The van der Waals surface area contributed by atoms with Gasteiger partial charge in [-0.05, 0) is 95.4 Å². The Morgan fingerprint density at radius 1 is 0.767 bits per heavy atom. The van der Waals surface area contributed by atoms with Crippen LogP contribution in [0.3, 0.4) is 0 Å². The van der Waals surface area contributed by atoms with Crippen LogP contribution in [-0.4, -0.2) is 12.1 Å². The van der Waals surface area contributed by atoms with Crippen LogP contribution in [0.4, 0.5) is 17.1 Å². The summed E-state index contributed by atoms with van der Waals surface area (Å²) in [4.78, 5) is 26.9. The molecule has 0 aliphatic rings. The number of benzene rings is 4. The number of para-hydroxylation sites is 1. The zero-order valence-electron chi connectivity index (χ0n) is 24.7. The Morgan fingerprint density at radius 2 is 1.42 bits per heavy atom. The van der Waals surface area contributed by atoms with Crippen LogP contribution in [0.2, 0.25) is 0 Å². The Kier molecular flexibility index (Phi) is 10.2. The SMILES string of the molecule is C=C/C=C(\C=C)c1ccc(N(c2ccccc2)c2ccc3cc(C=C(C)C(=O)C(/C=C\C)=C(/C=C)C=O)ccc3c2)cc1. The van der Waals surface area contributed by atoms with Gasteiger partial charge in [0.25, 0.3) is 0 Å². The van der Waals surface area contributed by atoms with Crippen LogP contribution in [0, 0.1) is 0 Å². The molecule has 43 heavy (non-hydrogen) atoms. The van der Waals surface area contributed by atoms with E-state index >= 15 is 0 Å². The molecule has 0 saturated heterocycles. The van der Waals surface area contributed by atoms with E-state index in [1.165, 1.54) is 6.08 Å². The van der Waals surface area contributed by atoms with Gasteiger partial charge in [0, 0.05) is 28.2 Å². The molecule has 4 aromatic carbocycles. The molecule has 0 unspecified atom stereocenters. The Labute approximate surface area is 254 Å². The third-order valence-corrected chi connectivity index (χ3v) is 7.07. The molecular formula is C40H35NO2. The normalized spacial score (nSPS) is 12.5. The molecule has 4 aromatic rings. The quantitative estimate of drug-likeness (QED) is 0.0981. The van der Waals surface area contributed by atoms with Gasteiger partial charge in [-0.15, -0.1) is 0 Å². The van der Waals surface area contributed by atoms with E-state index in [1.54, 1.807) is 25.2 Å². The lowest BCUT2D eigenvalue weighted by atomic mass is 9.97. The number of ketones is 1. The van der Waals surface area contributed by atoms with E-state index in [0.29, 0.717) is 17.4 Å². The molecule has 4 rings (SSSR count). The van der Waals surface area contributed by atoms with Crippen molar-refractivity contribution in [3.8, 4) is 0 Å². The number of hydrogen-bond acceptors (Lipinski definition) is 3. The van der Waals surface area contributed by atoms with E-state index in [0.717, 1.165) is 44.5 Å². The average Bonchev–Trinajstić information content (AvgIpc) is 3.04. The third-order valence-electron chi connectivity index (χ3n) is 7.07. The summed E-state index contributed by atoms with van der Waals surface area (Å²) in [6.07, 6.45) is 12.9. The summed E-state index contributed by atoms with van der Waals surface area (Å²) in [6.45, 7) is 15.0. The molecule has 0 saturated carbocycles. The van der Waals surface area contributed by atoms with E-state index in [1.807, 2.05) is 49.4 Å². The van der Waals surface area contributed by atoms with E-state index in [9.17, 15) is 9.59 Å². The molecule has 0 aliphatic heterocycles. The lowest BCUT2D eigenvalue weighted by Gasteiger charge is -2.26. The van der Waals surface area contributed by atoms with Crippen molar-refractivity contribution in [2.24, 2.45) is 0 Å². The van der Waals surface area contributed by atoms with Crippen LogP contribution in [0.1, 0.15) is 25.0 Å². The highest BCUT2D eigenvalue weighted by atomic mass is 16.1. The number of allylic oxidation sites excluding steroid dienone is 10. The monoisotopic (exact) mass is 561 g/mol. The molecule has 0 bridgehead atoms. The summed E-state index contributed by atoms with van der Waals surface area (Å²) in [5.41, 5.74) is 7.23. The molecule has 0 amide bonds. The largest absolute Gasteiger partial charge is 0.310 e. The molecule has 0 radical (unpaired) electrons. The molecule has 0 N–H and O–H groups in total. The number of aldehydes is 1. The van der Waals surface area contributed by atoms with Crippen molar-refractivity contribution in [2.45, 2.75) is 13.8 Å². The Balaban J connectivity index is 1.72. The highest BCUT2D eigenvalue weighted by Crippen LogP contribution is 2.36. The van der Waals surface area contributed by atoms with Gasteiger partial charge >= 0.3 is 0 Å². The summed E-state index contributed by atoms with van der Waals surface area (Å²) in [5.74, 6) is -0.208. The lowest BCUT2D eigenvalue weighted by Crippen LogP contribution is -2.09. The fourth-order valence-electron chi connectivity index (χ4n) is 4.94. The summed E-state index contributed by atoms with van der Waals surface area (Å²) >= 11 is 0. The molecule has 212 valence electrons. The van der Waals surface area contributed by atoms with Gasteiger partial charge in [0.1, 0.15) is 0 Å². The number of anilines is 3. The summed E-state index contributed by atoms with van der Waals surface area (Å²) in [7, 11) is 0. The minimum atomic E-state index is -0.208. The zero-order chi connectivity index (χ0) is 30.8. The van der Waals surface area contributed by atoms with Crippen molar-refractivity contribution in [2.75, 3.05) is 4.90 Å². The number of carbonyl (C=O) groups excluding carboxylic acids is 2. The zero-order valence-corrected chi connectivity index (χ0v) is 24.7. The predicted octanol–water partition coefficient (Wildman–Crippen LogP) is 10.3. The standard InChI is InChI=1S/C40H35NO2/c1-6-13-31(8-3)33-19-22-37(23-20-33)41(36-15-11-10-12-16-36)38-24-21-34-26-30(17-18-35(34)27-38)25-29(5)40(43)39(14-7-2)32(9-4)28-42/h6-28H,1,3-4H2,2,5H3/b14-7-,29-25?,31-13+,39-32-. The first-order chi connectivity index (χ1) is 20.9. The molecule has 0 spiro atoms. The van der Waals surface area contributed by atoms with Crippen molar-refractivity contribution in [3.63, 3.8) is 0 Å². The molecule has 0 aliphatic carbocycles. The maximum Gasteiger partial charge on any atom is 0.189 e. The van der Waals surface area contributed by atoms with Crippen LogP contribution in [-0.2, 0) is 9.59 Å². The maximum absolute atomic E-state index is 13.2. The highest BCUT2D eigenvalue weighted by Gasteiger charge is 2.15. The smallest absolute Gasteiger partial charge is 0.189 e. The first-order valence-electron chi connectivity index (χ1n) is 14.1. The van der Waals surface area contributed by atoms with E-state index in [-0.39, 0.29) is 11.4 Å². The number of rotatable bonds is 12. The fourth-order valence-corrected chi connectivity index (χ4v) is 4.94. The van der Waals surface area contributed by atoms with Gasteiger partial charge < -0.3 is 4.90 Å². The third kappa shape index (κ3) is 7.03. The maximum atomic E-state index is 13.2. The minimum absolute atomic E-state index is 0.208. The van der Waals surface area contributed by atoms with Crippen LogP contribution in [0.15, 0.2) is 164 Å². The van der Waals surface area contributed by atoms with Crippen molar-refractivity contribution < 1.29 is 9.59 Å². The Morgan fingerprint density at radius 3 is 2.05 bits per heavy atom. The van der Waals surface area contributed by atoms with E-state index < -0.39 is 0 Å². The highest BCUT2D eigenvalue weighted by molar-refractivity contribution is 6.15. The average molecular weight is 562 g/mol. The van der Waals surface area contributed by atoms with E-state index in [4.69, 9.17) is 0 Å². The van der Waals surface area contributed by atoms with Crippen molar-refractivity contribution in [3.05, 3.63) is 175 Å². The number of hydrogen-bond donors (Lipinski definition) is 0. The molecular weight excluding hydrogens is 526 g/mol. The van der Waals surface area contributed by atoms with Crippen LogP contribution >= 0.6 is 0 Å². The minimum Gasteiger partial charge on any atom is -0.310 e. The van der Waals surface area contributed by atoms with Gasteiger partial charge in [0.05, 0.1) is 0 Å².